The Morgan fingerprint density at radius 1 is 1.27 bits per heavy atom. The smallest absolute Gasteiger partial charge is 0.229 e. The zero-order chi connectivity index (χ0) is 16.1. The lowest BCUT2D eigenvalue weighted by molar-refractivity contribution is -0.142. The molecule has 1 saturated heterocycles. The SMILES string of the molecule is N#CC(C#N)[C@@H](CC(=O)N1CCCC1=O)c1ccc(F)cc1. The molecule has 2 rings (SSSR count). The minimum atomic E-state index is -1.04. The molecule has 6 heteroatoms. The highest BCUT2D eigenvalue weighted by Gasteiger charge is 2.32. The standard InChI is InChI=1S/C16H14FN3O2/c17-13-5-3-11(4-6-13)14(12(9-18)10-19)8-16(22)20-7-1-2-15(20)21/h3-6,12,14H,1-2,7-8H2/t14-/m0/s1. The monoisotopic (exact) mass is 299 g/mol. The first-order valence-corrected chi connectivity index (χ1v) is 6.94. The van der Waals surface area contributed by atoms with Crippen LogP contribution in [0.5, 0.6) is 0 Å². The van der Waals surface area contributed by atoms with Crippen LogP contribution in [0.2, 0.25) is 0 Å². The molecule has 0 spiro atoms. The summed E-state index contributed by atoms with van der Waals surface area (Å²) in [4.78, 5) is 25.0. The number of benzene rings is 1. The van der Waals surface area contributed by atoms with Crippen LogP contribution in [0, 0.1) is 34.4 Å². The first-order chi connectivity index (χ1) is 10.6. The average Bonchev–Trinajstić information content (AvgIpc) is 2.94. The van der Waals surface area contributed by atoms with Crippen molar-refractivity contribution in [3.63, 3.8) is 0 Å². The Morgan fingerprint density at radius 2 is 1.91 bits per heavy atom. The topological polar surface area (TPSA) is 85.0 Å². The number of carbonyl (C=O) groups excluding carboxylic acids is 2. The van der Waals surface area contributed by atoms with Crippen LogP contribution in [-0.2, 0) is 9.59 Å². The van der Waals surface area contributed by atoms with Crippen molar-refractivity contribution in [3.8, 4) is 12.1 Å². The van der Waals surface area contributed by atoms with Crippen molar-refractivity contribution in [2.45, 2.75) is 25.2 Å². The number of likely N-dealkylation sites (tertiary alicyclic amines) is 1. The second-order valence-corrected chi connectivity index (χ2v) is 5.14. The molecule has 1 aromatic carbocycles. The molecule has 0 aromatic heterocycles. The Kier molecular flexibility index (Phi) is 4.85. The Morgan fingerprint density at radius 3 is 2.41 bits per heavy atom. The quantitative estimate of drug-likeness (QED) is 0.852. The van der Waals surface area contributed by atoms with Crippen molar-refractivity contribution in [1.82, 2.24) is 4.90 Å². The van der Waals surface area contributed by atoms with Gasteiger partial charge in [-0.3, -0.25) is 14.5 Å². The minimum Gasteiger partial charge on any atom is -0.283 e. The van der Waals surface area contributed by atoms with Crippen LogP contribution in [0.3, 0.4) is 0 Å². The van der Waals surface area contributed by atoms with E-state index in [-0.39, 0.29) is 12.3 Å². The molecule has 0 aliphatic carbocycles. The summed E-state index contributed by atoms with van der Waals surface area (Å²) >= 11 is 0. The van der Waals surface area contributed by atoms with Gasteiger partial charge in [-0.15, -0.1) is 0 Å². The van der Waals surface area contributed by atoms with E-state index in [2.05, 4.69) is 0 Å². The number of carbonyl (C=O) groups is 2. The molecule has 1 aromatic rings. The summed E-state index contributed by atoms with van der Waals surface area (Å²) in [6.45, 7) is 0.373. The fourth-order valence-electron chi connectivity index (χ4n) is 2.56. The molecule has 0 N–H and O–H groups in total. The third-order valence-corrected chi connectivity index (χ3v) is 3.75. The van der Waals surface area contributed by atoms with Gasteiger partial charge in [0.1, 0.15) is 11.7 Å². The largest absolute Gasteiger partial charge is 0.283 e. The molecule has 22 heavy (non-hydrogen) atoms. The molecule has 0 radical (unpaired) electrons. The number of nitriles is 2. The van der Waals surface area contributed by atoms with Gasteiger partial charge in [-0.05, 0) is 24.1 Å². The second kappa shape index (κ2) is 6.82. The summed E-state index contributed by atoms with van der Waals surface area (Å²) in [5.74, 6) is -2.78. The van der Waals surface area contributed by atoms with Crippen LogP contribution < -0.4 is 0 Å². The van der Waals surface area contributed by atoms with E-state index in [4.69, 9.17) is 10.5 Å². The lowest BCUT2D eigenvalue weighted by atomic mass is 9.84. The van der Waals surface area contributed by atoms with Crippen molar-refractivity contribution in [1.29, 1.82) is 10.5 Å². The fraction of sp³-hybridized carbons (Fsp3) is 0.375. The molecule has 1 fully saturated rings. The van der Waals surface area contributed by atoms with E-state index in [1.165, 1.54) is 29.2 Å². The van der Waals surface area contributed by atoms with Gasteiger partial charge in [0, 0.05) is 25.3 Å². The number of hydrogen-bond acceptors (Lipinski definition) is 4. The summed E-state index contributed by atoms with van der Waals surface area (Å²) < 4.78 is 13.0. The van der Waals surface area contributed by atoms with Gasteiger partial charge in [0.15, 0.2) is 0 Å². The highest BCUT2D eigenvalue weighted by atomic mass is 19.1. The molecule has 2 amide bonds. The summed E-state index contributed by atoms with van der Waals surface area (Å²) in [5.41, 5.74) is 0.537. The summed E-state index contributed by atoms with van der Waals surface area (Å²) in [6.07, 6.45) is 0.849. The Hall–Kier alpha value is -2.73. The maximum absolute atomic E-state index is 13.0. The molecular weight excluding hydrogens is 285 g/mol. The van der Waals surface area contributed by atoms with Crippen LogP contribution in [0.15, 0.2) is 24.3 Å². The van der Waals surface area contributed by atoms with E-state index in [1.807, 2.05) is 12.1 Å². The number of halogens is 1. The summed E-state index contributed by atoms with van der Waals surface area (Å²) in [5, 5.41) is 18.2. The van der Waals surface area contributed by atoms with Crippen LogP contribution in [0.25, 0.3) is 0 Å². The lowest BCUT2D eigenvalue weighted by Gasteiger charge is -2.21. The second-order valence-electron chi connectivity index (χ2n) is 5.14. The summed E-state index contributed by atoms with van der Waals surface area (Å²) in [7, 11) is 0. The zero-order valence-corrected chi connectivity index (χ0v) is 11.8. The molecule has 112 valence electrons. The van der Waals surface area contributed by atoms with E-state index < -0.39 is 23.6 Å². The number of amides is 2. The van der Waals surface area contributed by atoms with Gasteiger partial charge in [0.2, 0.25) is 11.8 Å². The van der Waals surface area contributed by atoms with Gasteiger partial charge >= 0.3 is 0 Å². The van der Waals surface area contributed by atoms with E-state index in [0.717, 1.165) is 0 Å². The van der Waals surface area contributed by atoms with Crippen molar-refractivity contribution in [2.24, 2.45) is 5.92 Å². The zero-order valence-electron chi connectivity index (χ0n) is 11.8. The third kappa shape index (κ3) is 3.29. The highest BCUT2D eigenvalue weighted by Crippen LogP contribution is 2.29. The van der Waals surface area contributed by atoms with E-state index in [0.29, 0.717) is 24.9 Å². The predicted octanol–water partition coefficient (Wildman–Crippen LogP) is 2.11. The van der Waals surface area contributed by atoms with Crippen LogP contribution in [0.1, 0.15) is 30.7 Å². The van der Waals surface area contributed by atoms with Crippen molar-refractivity contribution in [3.05, 3.63) is 35.6 Å². The van der Waals surface area contributed by atoms with E-state index in [1.54, 1.807) is 0 Å². The number of imide groups is 1. The first kappa shape index (κ1) is 15.7. The molecule has 0 unspecified atom stereocenters. The van der Waals surface area contributed by atoms with Gasteiger partial charge < -0.3 is 0 Å². The number of nitrogens with zero attached hydrogens (tertiary/aromatic N) is 3. The van der Waals surface area contributed by atoms with Gasteiger partial charge in [-0.1, -0.05) is 12.1 Å². The Labute approximate surface area is 127 Å². The van der Waals surface area contributed by atoms with Gasteiger partial charge in [0.05, 0.1) is 12.1 Å². The number of rotatable bonds is 4. The lowest BCUT2D eigenvalue weighted by Crippen LogP contribution is -2.33. The molecule has 1 aliphatic heterocycles. The molecule has 1 atom stereocenters. The first-order valence-electron chi connectivity index (χ1n) is 6.94. The molecule has 1 heterocycles. The van der Waals surface area contributed by atoms with Gasteiger partial charge in [-0.25, -0.2) is 4.39 Å². The maximum atomic E-state index is 13.0. The highest BCUT2D eigenvalue weighted by molar-refractivity contribution is 5.96. The van der Waals surface area contributed by atoms with E-state index in [9.17, 15) is 14.0 Å². The minimum absolute atomic E-state index is 0.122. The molecule has 5 nitrogen and oxygen atoms in total. The van der Waals surface area contributed by atoms with Crippen LogP contribution in [-0.4, -0.2) is 23.3 Å². The third-order valence-electron chi connectivity index (χ3n) is 3.75. The van der Waals surface area contributed by atoms with Crippen LogP contribution >= 0.6 is 0 Å². The summed E-state index contributed by atoms with van der Waals surface area (Å²) in [6, 6.07) is 9.08. The van der Waals surface area contributed by atoms with Gasteiger partial charge in [0.25, 0.3) is 0 Å². The van der Waals surface area contributed by atoms with E-state index >= 15 is 0 Å². The van der Waals surface area contributed by atoms with Crippen molar-refractivity contribution < 1.29 is 14.0 Å². The fourth-order valence-corrected chi connectivity index (χ4v) is 2.56. The predicted molar refractivity (Wildman–Crippen MR) is 74.4 cm³/mol. The van der Waals surface area contributed by atoms with Crippen molar-refractivity contribution >= 4 is 11.8 Å². The molecule has 0 bridgehead atoms. The van der Waals surface area contributed by atoms with Crippen molar-refractivity contribution in [2.75, 3.05) is 6.54 Å². The molecule has 1 aliphatic rings. The van der Waals surface area contributed by atoms with Gasteiger partial charge in [-0.2, -0.15) is 10.5 Å². The van der Waals surface area contributed by atoms with Crippen LogP contribution in [0.4, 0.5) is 4.39 Å². The Balaban J connectivity index is 2.24. The maximum Gasteiger partial charge on any atom is 0.229 e. The molecular formula is C16H14FN3O2. The normalized spacial score (nSPS) is 15.5. The molecule has 0 saturated carbocycles. The number of hydrogen-bond donors (Lipinski definition) is 0. The Bertz CT molecular complexity index is 643. The average molecular weight is 299 g/mol.